The molecule has 4 fully saturated rings. The summed E-state index contributed by atoms with van der Waals surface area (Å²) in [5.41, 5.74) is -0.779. The summed E-state index contributed by atoms with van der Waals surface area (Å²) in [6.45, 7) is 3.28. The van der Waals surface area contributed by atoms with Crippen LogP contribution in [0.1, 0.15) is 96.5 Å². The molecule has 2 aliphatic heterocycles. The van der Waals surface area contributed by atoms with Gasteiger partial charge < -0.3 is 30.5 Å². The van der Waals surface area contributed by atoms with E-state index < -0.39 is 89.3 Å². The molecule has 14 heteroatoms. The van der Waals surface area contributed by atoms with Crippen molar-refractivity contribution in [1.82, 2.24) is 25.8 Å². The molecule has 1 aromatic carbocycles. The molecule has 2 aliphatic carbocycles. The topological polar surface area (TPSA) is 171 Å². The molecule has 13 nitrogen and oxygen atoms in total. The van der Waals surface area contributed by atoms with E-state index in [1.54, 1.807) is 26.1 Å². The Morgan fingerprint density at radius 3 is 2.50 bits per heavy atom. The van der Waals surface area contributed by atoms with Crippen LogP contribution in [-0.4, -0.2) is 101 Å². The fourth-order valence-electron chi connectivity index (χ4n) is 8.48. The number of rotatable bonds is 9. The predicted octanol–water partition coefficient (Wildman–Crippen LogP) is 2.89. The predicted molar refractivity (Wildman–Crippen MR) is 196 cm³/mol. The van der Waals surface area contributed by atoms with Crippen molar-refractivity contribution in [2.45, 2.75) is 127 Å². The second-order valence-corrected chi connectivity index (χ2v) is 15.2. The maximum atomic E-state index is 14.5. The third kappa shape index (κ3) is 9.18. The largest absolute Gasteiger partial charge is 0.461 e. The van der Waals surface area contributed by atoms with Gasteiger partial charge in [-0.15, -0.1) is 0 Å². The molecular weight excluding hydrogens is 697 g/mol. The molecule has 6 atom stereocenters. The number of hydrogen-bond acceptors (Lipinski definition) is 8. The Morgan fingerprint density at radius 2 is 1.78 bits per heavy atom. The summed E-state index contributed by atoms with van der Waals surface area (Å²) in [6, 6.07) is 1.04. The molecule has 3 N–H and O–H groups in total. The van der Waals surface area contributed by atoms with Crippen molar-refractivity contribution < 1.29 is 42.7 Å². The molecule has 5 rings (SSSR count). The maximum Gasteiger partial charge on any atom is 0.328 e. The van der Waals surface area contributed by atoms with Crippen LogP contribution in [0.2, 0.25) is 0 Å². The fraction of sp³-hybridized carbons (Fsp3) is 0.625. The highest BCUT2D eigenvalue weighted by atomic mass is 19.1. The van der Waals surface area contributed by atoms with E-state index in [2.05, 4.69) is 16.0 Å². The van der Waals surface area contributed by atoms with Gasteiger partial charge in [0.05, 0.1) is 0 Å². The summed E-state index contributed by atoms with van der Waals surface area (Å²) in [5.74, 6) is -6.03. The van der Waals surface area contributed by atoms with Crippen molar-refractivity contribution in [2.24, 2.45) is 11.8 Å². The standard InChI is InChI=1S/C40H54FN5O8/c1-4-5-6-7-18-33(47)43-30(23-26-13-10-14-27(41)22-26)35(49)44-31-24-54-38(52)32-17-12-21-46(32)36(50)25(2)42-39(53)40(19-8-9-20-40)45(3)37(51)29-16-11-15-28(29)34(31)48/h7,10,13-14,18,22,25,28-32H,4-6,8-9,11-12,15-17,19-21,23-24H2,1-3H3,(H,42,53)(H,43,47)(H,44,49)/t25-,28?,29+,30-,31-,32-/m0/s1. The van der Waals surface area contributed by atoms with Crippen molar-refractivity contribution >= 4 is 41.3 Å². The number of unbranched alkanes of at least 4 members (excludes halogenated alkanes) is 2. The lowest BCUT2D eigenvalue weighted by Crippen LogP contribution is -2.62. The number of halogens is 1. The van der Waals surface area contributed by atoms with Crippen molar-refractivity contribution in [1.29, 1.82) is 0 Å². The van der Waals surface area contributed by atoms with Crippen LogP contribution in [0.15, 0.2) is 36.4 Å². The van der Waals surface area contributed by atoms with Gasteiger partial charge in [0.2, 0.25) is 29.5 Å². The summed E-state index contributed by atoms with van der Waals surface area (Å²) in [6.07, 6.45) is 9.72. The number of carbonyl (C=O) groups is 7. The van der Waals surface area contributed by atoms with Crippen LogP contribution in [-0.2, 0) is 44.7 Å². The molecule has 2 heterocycles. The number of carbonyl (C=O) groups excluding carboxylic acids is 7. The zero-order chi connectivity index (χ0) is 39.0. The Bertz CT molecular complexity index is 1630. The van der Waals surface area contributed by atoms with Crippen LogP contribution < -0.4 is 16.0 Å². The lowest BCUT2D eigenvalue weighted by molar-refractivity contribution is -0.157. The van der Waals surface area contributed by atoms with Gasteiger partial charge >= 0.3 is 5.97 Å². The van der Waals surface area contributed by atoms with Crippen LogP contribution in [0, 0.1) is 17.7 Å². The smallest absolute Gasteiger partial charge is 0.328 e. The second-order valence-electron chi connectivity index (χ2n) is 15.2. The number of cyclic esters (lactones) is 1. The quantitative estimate of drug-likeness (QED) is 0.197. The highest BCUT2D eigenvalue weighted by Gasteiger charge is 2.51. The highest BCUT2D eigenvalue weighted by molar-refractivity contribution is 6.00. The summed E-state index contributed by atoms with van der Waals surface area (Å²) in [4.78, 5) is 99.8. The summed E-state index contributed by atoms with van der Waals surface area (Å²) in [7, 11) is 1.58. The Kier molecular flexibility index (Phi) is 13.6. The monoisotopic (exact) mass is 751 g/mol. The number of fused-ring (bicyclic) bond motifs is 2. The zero-order valence-corrected chi connectivity index (χ0v) is 31.6. The van der Waals surface area contributed by atoms with Crippen molar-refractivity contribution in [3.63, 3.8) is 0 Å². The van der Waals surface area contributed by atoms with Crippen LogP contribution >= 0.6 is 0 Å². The molecule has 0 aromatic heterocycles. The highest BCUT2D eigenvalue weighted by Crippen LogP contribution is 2.40. The normalized spacial score (nSPS) is 27.1. The average Bonchev–Trinajstić information content (AvgIpc) is 3.95. The zero-order valence-electron chi connectivity index (χ0n) is 31.6. The van der Waals surface area contributed by atoms with E-state index in [0.29, 0.717) is 69.8 Å². The van der Waals surface area contributed by atoms with E-state index in [-0.39, 0.29) is 18.9 Å². The minimum Gasteiger partial charge on any atom is -0.461 e. The molecule has 1 aromatic rings. The fourth-order valence-corrected chi connectivity index (χ4v) is 8.48. The lowest BCUT2D eigenvalue weighted by Gasteiger charge is -2.40. The number of nitrogens with zero attached hydrogens (tertiary/aromatic N) is 2. The lowest BCUT2D eigenvalue weighted by atomic mass is 9.85. The molecule has 1 spiro atoms. The van der Waals surface area contributed by atoms with Crippen LogP contribution in [0.25, 0.3) is 0 Å². The number of likely N-dealkylation sites (N-methyl/N-ethyl adjacent to an activating group) is 1. The van der Waals surface area contributed by atoms with Crippen molar-refractivity contribution in [2.75, 3.05) is 20.2 Å². The third-order valence-electron chi connectivity index (χ3n) is 11.6. The van der Waals surface area contributed by atoms with Crippen LogP contribution in [0.5, 0.6) is 0 Å². The first kappa shape index (κ1) is 40.6. The van der Waals surface area contributed by atoms with E-state index in [4.69, 9.17) is 4.74 Å². The van der Waals surface area contributed by atoms with E-state index in [9.17, 15) is 38.0 Å². The van der Waals surface area contributed by atoms with Crippen molar-refractivity contribution in [3.05, 3.63) is 47.8 Å². The van der Waals surface area contributed by atoms with Gasteiger partial charge in [-0.3, -0.25) is 28.8 Å². The number of hydrogen-bond donors (Lipinski definition) is 3. The number of benzene rings is 1. The first-order valence-corrected chi connectivity index (χ1v) is 19.5. The first-order chi connectivity index (χ1) is 25.9. The summed E-state index contributed by atoms with van der Waals surface area (Å²) < 4.78 is 19.9. The first-order valence-electron chi connectivity index (χ1n) is 19.5. The number of ether oxygens (including phenoxy) is 1. The third-order valence-corrected chi connectivity index (χ3v) is 11.6. The molecule has 0 bridgehead atoms. The van der Waals surface area contributed by atoms with E-state index >= 15 is 0 Å². The molecule has 294 valence electrons. The molecule has 2 saturated carbocycles. The van der Waals surface area contributed by atoms with Crippen LogP contribution in [0.3, 0.4) is 0 Å². The number of allylic oxidation sites excluding steroid dienone is 1. The van der Waals surface area contributed by atoms with Gasteiger partial charge in [-0.1, -0.05) is 57.2 Å². The Hall–Kier alpha value is -4.62. The van der Waals surface area contributed by atoms with Gasteiger partial charge in [0.15, 0.2) is 5.78 Å². The van der Waals surface area contributed by atoms with Crippen molar-refractivity contribution in [3.8, 4) is 0 Å². The Morgan fingerprint density at radius 1 is 1.04 bits per heavy atom. The minimum atomic E-state index is -1.40. The number of nitrogens with one attached hydrogen (secondary N) is 3. The molecule has 54 heavy (non-hydrogen) atoms. The second kappa shape index (κ2) is 18.1. The molecule has 5 amide bonds. The van der Waals surface area contributed by atoms with Gasteiger partial charge in [-0.2, -0.15) is 0 Å². The molecular formula is C40H54FN5O8. The van der Waals surface area contributed by atoms with E-state index in [0.717, 1.165) is 12.8 Å². The molecule has 4 aliphatic rings. The number of Topliss-reactive ketones (excluding diaryl/α,β-unsaturated/α-hetero) is 1. The number of esters is 1. The van der Waals surface area contributed by atoms with E-state index in [1.165, 1.54) is 34.1 Å². The van der Waals surface area contributed by atoms with Gasteiger partial charge in [0.1, 0.15) is 42.1 Å². The van der Waals surface area contributed by atoms with Gasteiger partial charge in [0.25, 0.3) is 0 Å². The van der Waals surface area contributed by atoms with Crippen LogP contribution in [0.4, 0.5) is 4.39 Å². The molecule has 2 saturated heterocycles. The average molecular weight is 752 g/mol. The minimum absolute atomic E-state index is 0.102. The SMILES string of the molecule is CCCCC=CC(=O)N[C@@H](Cc1cccc(F)c1)C(=O)N[C@H]1COC(=O)[C@@H]2CCCN2C(=O)[C@H](C)NC(=O)C2(CCCC2)N(C)C(=O)[C@@H]2CCCC2C1=O. The summed E-state index contributed by atoms with van der Waals surface area (Å²) >= 11 is 0. The number of ketones is 1. The Labute approximate surface area is 316 Å². The van der Waals surface area contributed by atoms with Gasteiger partial charge in [-0.25, -0.2) is 9.18 Å². The van der Waals surface area contributed by atoms with E-state index in [1.807, 2.05) is 6.92 Å². The molecule has 0 radical (unpaired) electrons. The van der Waals surface area contributed by atoms with Gasteiger partial charge in [0, 0.05) is 31.8 Å². The molecule has 1 unspecified atom stereocenters. The summed E-state index contributed by atoms with van der Waals surface area (Å²) in [5, 5.41) is 8.23. The Balaban J connectivity index is 1.46. The maximum absolute atomic E-state index is 14.5. The number of amides is 5. The van der Waals surface area contributed by atoms with Gasteiger partial charge in [-0.05, 0) is 75.6 Å².